The van der Waals surface area contributed by atoms with E-state index in [1.54, 1.807) is 6.07 Å². The minimum absolute atomic E-state index is 0.0349. The molecule has 3 rings (SSSR count). The molecule has 0 amide bonds. The van der Waals surface area contributed by atoms with Crippen LogP contribution in [0.2, 0.25) is 0 Å². The van der Waals surface area contributed by atoms with Crippen molar-refractivity contribution in [3.05, 3.63) is 22.2 Å². The van der Waals surface area contributed by atoms with Crippen LogP contribution in [0.4, 0.5) is 0 Å². The molecule has 2 atom stereocenters. The van der Waals surface area contributed by atoms with Crippen molar-refractivity contribution in [2.45, 2.75) is 30.7 Å². The molecule has 0 radical (unpaired) electrons. The molecule has 0 aromatic heterocycles. The van der Waals surface area contributed by atoms with Crippen LogP contribution in [0.5, 0.6) is 5.75 Å². The predicted octanol–water partition coefficient (Wildman–Crippen LogP) is 1.66. The summed E-state index contributed by atoms with van der Waals surface area (Å²) in [6.07, 6.45) is 1.55. The van der Waals surface area contributed by atoms with E-state index in [1.165, 1.54) is 0 Å². The summed E-state index contributed by atoms with van der Waals surface area (Å²) in [4.78, 5) is 0.245. The fourth-order valence-corrected chi connectivity index (χ4v) is 5.14. The van der Waals surface area contributed by atoms with Crippen molar-refractivity contribution in [2.24, 2.45) is 5.92 Å². The van der Waals surface area contributed by atoms with E-state index < -0.39 is 10.0 Å². The summed E-state index contributed by atoms with van der Waals surface area (Å²) in [6.45, 7) is 4.27. The van der Waals surface area contributed by atoms with Crippen LogP contribution in [0.25, 0.3) is 0 Å². The third kappa shape index (κ3) is 3.11. The van der Waals surface area contributed by atoms with Gasteiger partial charge in [0.1, 0.15) is 10.6 Å². The monoisotopic (exact) mass is 374 g/mol. The van der Waals surface area contributed by atoms with Gasteiger partial charge < -0.3 is 10.1 Å². The molecule has 1 fully saturated rings. The second-order valence-electron chi connectivity index (χ2n) is 5.69. The molecular weight excluding hydrogens is 356 g/mol. The van der Waals surface area contributed by atoms with Crippen molar-refractivity contribution in [3.63, 3.8) is 0 Å². The summed E-state index contributed by atoms with van der Waals surface area (Å²) < 4.78 is 34.6. The van der Waals surface area contributed by atoms with Crippen molar-refractivity contribution < 1.29 is 13.2 Å². The van der Waals surface area contributed by atoms with Crippen molar-refractivity contribution in [3.8, 4) is 5.75 Å². The summed E-state index contributed by atoms with van der Waals surface area (Å²) in [6, 6.07) is 3.51. The van der Waals surface area contributed by atoms with Gasteiger partial charge >= 0.3 is 0 Å². The number of rotatable bonds is 3. The van der Waals surface area contributed by atoms with E-state index in [9.17, 15) is 8.42 Å². The Hall–Kier alpha value is -0.630. The third-order valence-corrected chi connectivity index (χ3v) is 6.05. The van der Waals surface area contributed by atoms with Crippen molar-refractivity contribution >= 4 is 26.0 Å². The molecule has 2 N–H and O–H groups in total. The van der Waals surface area contributed by atoms with Crippen LogP contribution in [-0.2, 0) is 16.4 Å². The van der Waals surface area contributed by atoms with Gasteiger partial charge in [-0.15, -0.1) is 0 Å². The van der Waals surface area contributed by atoms with Crippen molar-refractivity contribution in [1.82, 2.24) is 10.0 Å². The first-order valence-electron chi connectivity index (χ1n) is 7.15. The van der Waals surface area contributed by atoms with Gasteiger partial charge in [-0.3, -0.25) is 0 Å². The summed E-state index contributed by atoms with van der Waals surface area (Å²) >= 11 is 3.39. The zero-order chi connectivity index (χ0) is 15.0. The first-order valence-corrected chi connectivity index (χ1v) is 9.43. The predicted molar refractivity (Wildman–Crippen MR) is 84.1 cm³/mol. The van der Waals surface area contributed by atoms with E-state index in [0.29, 0.717) is 12.4 Å². The maximum Gasteiger partial charge on any atom is 0.244 e. The Bertz CT molecular complexity index is 648. The lowest BCUT2D eigenvalue weighted by Gasteiger charge is -2.30. The fourth-order valence-electron chi connectivity index (χ4n) is 2.89. The largest absolute Gasteiger partial charge is 0.492 e. The molecular formula is C14H19BrN2O3S. The molecule has 2 aliphatic heterocycles. The zero-order valence-electron chi connectivity index (χ0n) is 11.9. The molecule has 1 aromatic carbocycles. The highest BCUT2D eigenvalue weighted by molar-refractivity contribution is 9.10. The first kappa shape index (κ1) is 15.3. The van der Waals surface area contributed by atoms with Crippen molar-refractivity contribution in [2.75, 3.05) is 19.7 Å². The zero-order valence-corrected chi connectivity index (χ0v) is 14.3. The Morgan fingerprint density at radius 2 is 2.24 bits per heavy atom. The van der Waals surface area contributed by atoms with Crippen LogP contribution in [0.1, 0.15) is 18.9 Å². The van der Waals surface area contributed by atoms with Crippen LogP contribution in [0, 0.1) is 5.92 Å². The van der Waals surface area contributed by atoms with Gasteiger partial charge in [0, 0.05) is 22.5 Å². The summed E-state index contributed by atoms with van der Waals surface area (Å²) in [5.41, 5.74) is 0.947. The van der Waals surface area contributed by atoms with Gasteiger partial charge in [-0.1, -0.05) is 22.9 Å². The highest BCUT2D eigenvalue weighted by Crippen LogP contribution is 2.36. The molecule has 2 unspecified atom stereocenters. The lowest BCUT2D eigenvalue weighted by Crippen LogP contribution is -2.48. The normalized spacial score (nSPS) is 25.4. The maximum absolute atomic E-state index is 12.7. The van der Waals surface area contributed by atoms with Gasteiger partial charge in [-0.2, -0.15) is 0 Å². The Balaban J connectivity index is 1.92. The number of piperidine rings is 1. The molecule has 1 saturated heterocycles. The van der Waals surface area contributed by atoms with Gasteiger partial charge in [0.15, 0.2) is 0 Å². The number of nitrogens with one attached hydrogen (secondary N) is 2. The number of ether oxygens (including phenoxy) is 1. The third-order valence-electron chi connectivity index (χ3n) is 4.10. The highest BCUT2D eigenvalue weighted by Gasteiger charge is 2.31. The lowest BCUT2D eigenvalue weighted by atomic mass is 9.97. The molecule has 0 aliphatic carbocycles. The number of sulfonamides is 1. The minimum atomic E-state index is -3.57. The summed E-state index contributed by atoms with van der Waals surface area (Å²) in [5, 5.41) is 3.27. The van der Waals surface area contributed by atoms with Gasteiger partial charge in [0.25, 0.3) is 0 Å². The van der Waals surface area contributed by atoms with Gasteiger partial charge in [0.2, 0.25) is 10.0 Å². The molecule has 2 aliphatic rings. The Morgan fingerprint density at radius 1 is 1.43 bits per heavy atom. The number of hydrogen-bond acceptors (Lipinski definition) is 4. The molecule has 116 valence electrons. The molecule has 5 nitrogen and oxygen atoms in total. The van der Waals surface area contributed by atoms with Gasteiger partial charge in [-0.25, -0.2) is 13.1 Å². The number of hydrogen-bond donors (Lipinski definition) is 2. The van der Waals surface area contributed by atoms with E-state index in [-0.39, 0.29) is 16.9 Å². The number of fused-ring (bicyclic) bond motifs is 1. The summed E-state index contributed by atoms with van der Waals surface area (Å²) in [5.74, 6) is 0.780. The molecule has 2 heterocycles. The van der Waals surface area contributed by atoms with Crippen molar-refractivity contribution in [1.29, 1.82) is 0 Å². The molecule has 1 aromatic rings. The average Bonchev–Trinajstić information content (AvgIpc) is 2.88. The van der Waals surface area contributed by atoms with Gasteiger partial charge in [-0.05, 0) is 37.6 Å². The molecule has 21 heavy (non-hydrogen) atoms. The van der Waals surface area contributed by atoms with E-state index >= 15 is 0 Å². The number of benzene rings is 1. The Labute approximate surface area is 133 Å². The van der Waals surface area contributed by atoms with Gasteiger partial charge in [0.05, 0.1) is 6.61 Å². The smallest absolute Gasteiger partial charge is 0.244 e. The van der Waals surface area contributed by atoms with Crippen LogP contribution >= 0.6 is 15.9 Å². The quantitative estimate of drug-likeness (QED) is 0.844. The molecule has 0 saturated carbocycles. The van der Waals surface area contributed by atoms with E-state index in [0.717, 1.165) is 36.0 Å². The molecule has 0 spiro atoms. The van der Waals surface area contributed by atoms with E-state index in [1.807, 2.05) is 6.07 Å². The number of halogens is 1. The highest BCUT2D eigenvalue weighted by atomic mass is 79.9. The maximum atomic E-state index is 12.7. The topological polar surface area (TPSA) is 67.4 Å². The van der Waals surface area contributed by atoms with Crippen LogP contribution in [0.15, 0.2) is 21.5 Å². The average molecular weight is 375 g/mol. The molecule has 7 heteroatoms. The standard InChI is InChI=1S/C14H19BrN2O3S/c1-9-8-16-4-2-12(9)17-21(18,19)13-7-11(15)6-10-3-5-20-14(10)13/h6-7,9,12,16-17H,2-5,8H2,1H3. The van der Waals surface area contributed by atoms with Crippen LogP contribution in [-0.4, -0.2) is 34.2 Å². The van der Waals surface area contributed by atoms with Crippen LogP contribution in [0.3, 0.4) is 0 Å². The van der Waals surface area contributed by atoms with E-state index in [2.05, 4.69) is 32.9 Å². The second kappa shape index (κ2) is 5.87. The minimum Gasteiger partial charge on any atom is -0.492 e. The van der Waals surface area contributed by atoms with Crippen LogP contribution < -0.4 is 14.8 Å². The fraction of sp³-hybridized carbons (Fsp3) is 0.571. The summed E-state index contributed by atoms with van der Waals surface area (Å²) in [7, 11) is -3.57. The first-order chi connectivity index (χ1) is 9.97. The Kier molecular flexibility index (Phi) is 4.27. The lowest BCUT2D eigenvalue weighted by molar-refractivity contribution is 0.326. The van der Waals surface area contributed by atoms with E-state index in [4.69, 9.17) is 4.74 Å². The second-order valence-corrected chi connectivity index (χ2v) is 8.29. The Morgan fingerprint density at radius 3 is 3.00 bits per heavy atom. The molecule has 0 bridgehead atoms. The SMILES string of the molecule is CC1CNCCC1NS(=O)(=O)c1cc(Br)cc2c1OCC2.